The molecule has 1 fully saturated rings. The number of alkyl halides is 3. The van der Waals surface area contributed by atoms with Crippen molar-refractivity contribution in [3.63, 3.8) is 0 Å². The predicted octanol–water partition coefficient (Wildman–Crippen LogP) is 3.94. The molecule has 1 aromatic rings. The van der Waals surface area contributed by atoms with Gasteiger partial charge in [0.1, 0.15) is 5.75 Å². The molecule has 7 heteroatoms. The molecule has 1 aromatic carbocycles. The summed E-state index contributed by atoms with van der Waals surface area (Å²) in [5.74, 6) is -0.0821. The van der Waals surface area contributed by atoms with E-state index in [0.717, 1.165) is 31.4 Å². The van der Waals surface area contributed by atoms with Crippen LogP contribution in [0, 0.1) is 0 Å². The molecule has 0 spiro atoms. The van der Waals surface area contributed by atoms with Gasteiger partial charge in [0.05, 0.1) is 11.7 Å². The lowest BCUT2D eigenvalue weighted by atomic mass is 9.98. The average Bonchev–Trinajstić information content (AvgIpc) is 2.60. The van der Waals surface area contributed by atoms with Gasteiger partial charge in [-0.15, -0.1) is 0 Å². The minimum atomic E-state index is -4.38. The minimum absolute atomic E-state index is 0.226. The minimum Gasteiger partial charge on any atom is -0.484 e. The van der Waals surface area contributed by atoms with Crippen LogP contribution in [-0.2, 0) is 15.7 Å². The summed E-state index contributed by atoms with van der Waals surface area (Å²) < 4.78 is 48.3. The van der Waals surface area contributed by atoms with Crippen LogP contribution in [0.3, 0.4) is 0 Å². The van der Waals surface area contributed by atoms with Crippen molar-refractivity contribution >= 4 is 5.91 Å². The van der Waals surface area contributed by atoms with Gasteiger partial charge in [0, 0.05) is 13.2 Å². The first-order valence-corrected chi connectivity index (χ1v) is 8.63. The number of halogens is 3. The van der Waals surface area contributed by atoms with Crippen LogP contribution in [0.4, 0.5) is 13.2 Å². The zero-order valence-electron chi connectivity index (χ0n) is 14.1. The highest BCUT2D eigenvalue weighted by Gasteiger charge is 2.30. The molecule has 0 aliphatic heterocycles. The van der Waals surface area contributed by atoms with Gasteiger partial charge in [-0.3, -0.25) is 4.79 Å². The number of benzene rings is 1. The topological polar surface area (TPSA) is 47.6 Å². The fraction of sp³-hybridized carbons (Fsp3) is 0.611. The predicted molar refractivity (Wildman–Crippen MR) is 87.4 cm³/mol. The largest absolute Gasteiger partial charge is 0.484 e. The fourth-order valence-electron chi connectivity index (χ4n) is 2.72. The summed E-state index contributed by atoms with van der Waals surface area (Å²) in [5.41, 5.74) is -0.748. The summed E-state index contributed by atoms with van der Waals surface area (Å²) in [7, 11) is 0. The summed E-state index contributed by atoms with van der Waals surface area (Å²) >= 11 is 0. The molecular weight excluding hydrogens is 335 g/mol. The summed E-state index contributed by atoms with van der Waals surface area (Å²) in [5, 5.41) is 2.70. The Kier molecular flexibility index (Phi) is 7.55. The van der Waals surface area contributed by atoms with Crippen molar-refractivity contribution in [1.29, 1.82) is 0 Å². The van der Waals surface area contributed by atoms with Crippen molar-refractivity contribution in [2.45, 2.75) is 50.8 Å². The summed E-state index contributed by atoms with van der Waals surface area (Å²) in [4.78, 5) is 11.7. The maximum atomic E-state index is 12.4. The van der Waals surface area contributed by atoms with Gasteiger partial charge in [0.2, 0.25) is 0 Å². The van der Waals surface area contributed by atoms with Crippen molar-refractivity contribution in [1.82, 2.24) is 5.32 Å². The maximum absolute atomic E-state index is 12.4. The Morgan fingerprint density at radius 3 is 2.44 bits per heavy atom. The van der Waals surface area contributed by atoms with E-state index >= 15 is 0 Å². The van der Waals surface area contributed by atoms with Crippen LogP contribution in [0.5, 0.6) is 5.75 Å². The number of rotatable bonds is 8. The summed E-state index contributed by atoms with van der Waals surface area (Å²) in [6, 6.07) is 4.26. The van der Waals surface area contributed by atoms with E-state index in [9.17, 15) is 18.0 Å². The molecule has 0 heterocycles. The smallest absolute Gasteiger partial charge is 0.416 e. The second-order valence-electron chi connectivity index (χ2n) is 6.15. The molecule has 1 aliphatic rings. The number of nitrogens with one attached hydrogen (secondary N) is 1. The molecule has 0 radical (unpaired) electrons. The second kappa shape index (κ2) is 9.65. The molecular formula is C18H24F3NO3. The van der Waals surface area contributed by atoms with E-state index in [2.05, 4.69) is 5.32 Å². The highest BCUT2D eigenvalue weighted by atomic mass is 19.4. The summed E-state index contributed by atoms with van der Waals surface area (Å²) in [6.07, 6.45) is 2.67. The van der Waals surface area contributed by atoms with Crippen LogP contribution in [0.25, 0.3) is 0 Å². The van der Waals surface area contributed by atoms with E-state index in [1.54, 1.807) is 0 Å². The van der Waals surface area contributed by atoms with Gasteiger partial charge in [-0.1, -0.05) is 19.3 Å². The van der Waals surface area contributed by atoms with Crippen molar-refractivity contribution in [2.24, 2.45) is 0 Å². The van der Waals surface area contributed by atoms with Gasteiger partial charge in [0.25, 0.3) is 5.91 Å². The number of amides is 1. The van der Waals surface area contributed by atoms with Crippen molar-refractivity contribution in [3.05, 3.63) is 29.8 Å². The number of carbonyl (C=O) groups excluding carboxylic acids is 1. The van der Waals surface area contributed by atoms with Crippen LogP contribution in [0.1, 0.15) is 44.1 Å². The Hall–Kier alpha value is -1.76. The third-order valence-corrected chi connectivity index (χ3v) is 4.10. The van der Waals surface area contributed by atoms with E-state index in [-0.39, 0.29) is 18.3 Å². The van der Waals surface area contributed by atoms with Crippen molar-refractivity contribution < 1.29 is 27.4 Å². The second-order valence-corrected chi connectivity index (χ2v) is 6.15. The van der Waals surface area contributed by atoms with Gasteiger partial charge in [-0.25, -0.2) is 0 Å². The van der Waals surface area contributed by atoms with Gasteiger partial charge < -0.3 is 14.8 Å². The molecule has 1 N–H and O–H groups in total. The van der Waals surface area contributed by atoms with E-state index in [1.807, 2.05) is 0 Å². The first-order valence-electron chi connectivity index (χ1n) is 8.63. The zero-order valence-corrected chi connectivity index (χ0v) is 14.1. The summed E-state index contributed by atoms with van der Waals surface area (Å²) in [6.45, 7) is 0.876. The highest BCUT2D eigenvalue weighted by Crippen LogP contribution is 2.30. The molecule has 1 saturated carbocycles. The Morgan fingerprint density at radius 2 is 1.80 bits per heavy atom. The van der Waals surface area contributed by atoms with Crippen LogP contribution in [-0.4, -0.2) is 31.8 Å². The number of carbonyl (C=O) groups is 1. The molecule has 4 nitrogen and oxygen atoms in total. The number of hydrogen-bond acceptors (Lipinski definition) is 3. The normalized spacial score (nSPS) is 15.8. The van der Waals surface area contributed by atoms with Crippen LogP contribution < -0.4 is 10.1 Å². The maximum Gasteiger partial charge on any atom is 0.416 e. The zero-order chi connectivity index (χ0) is 18.1. The molecule has 2 rings (SSSR count). The first kappa shape index (κ1) is 19.6. The molecule has 0 unspecified atom stereocenters. The van der Waals surface area contributed by atoms with Crippen LogP contribution in [0.15, 0.2) is 24.3 Å². The van der Waals surface area contributed by atoms with E-state index in [0.29, 0.717) is 19.3 Å². The SMILES string of the molecule is O=C(COc1ccc(C(F)(F)F)cc1)NCCCOC1CCCCC1. The molecule has 140 valence electrons. The van der Waals surface area contributed by atoms with Gasteiger partial charge >= 0.3 is 6.18 Å². The van der Waals surface area contributed by atoms with E-state index < -0.39 is 11.7 Å². The number of hydrogen-bond donors (Lipinski definition) is 1. The van der Waals surface area contributed by atoms with Crippen molar-refractivity contribution in [2.75, 3.05) is 19.8 Å². The Bertz CT molecular complexity index is 525. The Labute approximate surface area is 145 Å². The monoisotopic (exact) mass is 359 g/mol. The van der Waals surface area contributed by atoms with Gasteiger partial charge in [-0.05, 0) is 43.5 Å². The Morgan fingerprint density at radius 1 is 1.12 bits per heavy atom. The fourth-order valence-corrected chi connectivity index (χ4v) is 2.72. The molecule has 0 bridgehead atoms. The molecule has 25 heavy (non-hydrogen) atoms. The third-order valence-electron chi connectivity index (χ3n) is 4.10. The molecule has 0 atom stereocenters. The lowest BCUT2D eigenvalue weighted by molar-refractivity contribution is -0.137. The van der Waals surface area contributed by atoms with E-state index in [4.69, 9.17) is 9.47 Å². The standard InChI is InChI=1S/C18H24F3NO3/c19-18(20,21)14-7-9-16(10-8-14)25-13-17(23)22-11-4-12-24-15-5-2-1-3-6-15/h7-10,15H,1-6,11-13H2,(H,22,23). The average molecular weight is 359 g/mol. The van der Waals surface area contributed by atoms with E-state index in [1.165, 1.54) is 31.4 Å². The molecule has 0 saturated heterocycles. The van der Waals surface area contributed by atoms with Gasteiger partial charge in [0.15, 0.2) is 6.61 Å². The van der Waals surface area contributed by atoms with Crippen LogP contribution >= 0.6 is 0 Å². The third kappa shape index (κ3) is 7.34. The molecule has 0 aromatic heterocycles. The molecule has 1 aliphatic carbocycles. The quantitative estimate of drug-likeness (QED) is 0.715. The van der Waals surface area contributed by atoms with Crippen molar-refractivity contribution in [3.8, 4) is 5.75 Å². The lowest BCUT2D eigenvalue weighted by Crippen LogP contribution is -2.30. The highest BCUT2D eigenvalue weighted by molar-refractivity contribution is 5.77. The lowest BCUT2D eigenvalue weighted by Gasteiger charge is -2.21. The van der Waals surface area contributed by atoms with Crippen LogP contribution in [0.2, 0.25) is 0 Å². The Balaban J connectivity index is 1.56. The first-order chi connectivity index (χ1) is 11.9. The van der Waals surface area contributed by atoms with Gasteiger partial charge in [-0.2, -0.15) is 13.2 Å². The number of ether oxygens (including phenoxy) is 2. The molecule has 1 amide bonds.